The van der Waals surface area contributed by atoms with Crippen LogP contribution >= 0.6 is 11.6 Å². The molecule has 1 aliphatic carbocycles. The number of imide groups is 1. The number of hydrogen-bond donors (Lipinski definition) is 0. The first kappa shape index (κ1) is 26.2. The number of rotatable bonds is 8. The summed E-state index contributed by atoms with van der Waals surface area (Å²) in [5.41, 5.74) is 0.676. The van der Waals surface area contributed by atoms with Gasteiger partial charge in [0.1, 0.15) is 11.9 Å². The maximum absolute atomic E-state index is 13.8. The maximum atomic E-state index is 13.8. The van der Waals surface area contributed by atoms with Gasteiger partial charge in [-0.25, -0.2) is 9.40 Å². The van der Waals surface area contributed by atoms with Gasteiger partial charge in [0, 0.05) is 29.1 Å². The van der Waals surface area contributed by atoms with Crippen LogP contribution in [0.4, 0.5) is 10.1 Å². The van der Waals surface area contributed by atoms with Crippen molar-refractivity contribution in [2.24, 2.45) is 11.8 Å². The van der Waals surface area contributed by atoms with Crippen molar-refractivity contribution >= 4 is 40.8 Å². The zero-order chi connectivity index (χ0) is 26.9. The van der Waals surface area contributed by atoms with Crippen LogP contribution in [0.15, 0.2) is 60.2 Å². The summed E-state index contributed by atoms with van der Waals surface area (Å²) in [5.74, 6) is -4.74. The van der Waals surface area contributed by atoms with Gasteiger partial charge in [-0.05, 0) is 62.6 Å². The zero-order valence-electron chi connectivity index (χ0n) is 19.8. The summed E-state index contributed by atoms with van der Waals surface area (Å²) < 4.78 is 13.5. The monoisotopic (exact) mass is 527 g/mol. The average molecular weight is 528 g/mol. The minimum atomic E-state index is -1.37. The largest absolute Gasteiger partial charge is 0.292 e. The van der Waals surface area contributed by atoms with Crippen molar-refractivity contribution in [2.75, 3.05) is 5.88 Å². The van der Waals surface area contributed by atoms with Crippen molar-refractivity contribution in [3.63, 3.8) is 0 Å². The highest BCUT2D eigenvalue weighted by Crippen LogP contribution is 2.39. The fraction of sp³-hybridized carbons (Fsp3) is 0.308. The van der Waals surface area contributed by atoms with Crippen LogP contribution in [0.2, 0.25) is 0 Å². The van der Waals surface area contributed by atoms with E-state index in [1.165, 1.54) is 24.3 Å². The highest BCUT2D eigenvalue weighted by Gasteiger charge is 2.53. The Morgan fingerprint density at radius 3 is 2.27 bits per heavy atom. The summed E-state index contributed by atoms with van der Waals surface area (Å²) in [6.07, 6.45) is 2.43. The van der Waals surface area contributed by atoms with E-state index < -0.39 is 52.1 Å². The summed E-state index contributed by atoms with van der Waals surface area (Å²) in [6.45, 7) is 1.85. The van der Waals surface area contributed by atoms with Crippen LogP contribution in [-0.2, 0) is 9.59 Å². The van der Waals surface area contributed by atoms with Gasteiger partial charge in [0.05, 0.1) is 16.8 Å². The van der Waals surface area contributed by atoms with Crippen LogP contribution in [0.1, 0.15) is 46.9 Å². The van der Waals surface area contributed by atoms with Gasteiger partial charge in [0.15, 0.2) is 5.78 Å². The number of carbonyl (C=O) groups excluding carboxylic acids is 4. The Labute approximate surface area is 216 Å². The Balaban J connectivity index is 1.80. The Bertz CT molecular complexity index is 1290. The summed E-state index contributed by atoms with van der Waals surface area (Å²) in [7, 11) is 0. The molecule has 4 rings (SSSR count). The van der Waals surface area contributed by atoms with Crippen molar-refractivity contribution in [1.29, 1.82) is 0 Å². The Morgan fingerprint density at radius 2 is 1.68 bits per heavy atom. The van der Waals surface area contributed by atoms with Crippen molar-refractivity contribution in [1.82, 2.24) is 10.0 Å². The molecule has 2 aromatic carbocycles. The van der Waals surface area contributed by atoms with Gasteiger partial charge in [0.25, 0.3) is 23.4 Å². The second-order valence-electron chi connectivity index (χ2n) is 9.01. The second kappa shape index (κ2) is 10.6. The number of hydrazine groups is 1. The molecule has 0 spiro atoms. The van der Waals surface area contributed by atoms with E-state index >= 15 is 0 Å². The van der Waals surface area contributed by atoms with Crippen molar-refractivity contribution in [3.05, 3.63) is 87.2 Å². The predicted octanol–water partition coefficient (Wildman–Crippen LogP) is 4.31. The molecular weight excluding hydrogens is 505 g/mol. The quantitative estimate of drug-likeness (QED) is 0.126. The second-order valence-corrected chi connectivity index (χ2v) is 9.39. The minimum Gasteiger partial charge on any atom is -0.292 e. The molecule has 2 aliphatic rings. The van der Waals surface area contributed by atoms with Gasteiger partial charge in [-0.2, -0.15) is 5.01 Å². The number of Topliss-reactive ketones (excluding diaryl/α,β-unsaturated/α-hetero) is 1. The smallest absolute Gasteiger partial charge is 0.273 e. The number of nitrogens with zero attached hydrogens (tertiary/aromatic N) is 3. The molecule has 2 aromatic rings. The highest BCUT2D eigenvalue weighted by molar-refractivity contribution is 6.18. The number of allylic oxidation sites excluding steroid dienone is 2. The Hall–Kier alpha value is -3.92. The van der Waals surface area contributed by atoms with E-state index in [4.69, 9.17) is 11.6 Å². The van der Waals surface area contributed by atoms with E-state index in [-0.39, 0.29) is 29.1 Å². The van der Waals surface area contributed by atoms with Crippen LogP contribution in [0.25, 0.3) is 0 Å². The normalized spacial score (nSPS) is 19.8. The zero-order valence-corrected chi connectivity index (χ0v) is 20.6. The molecule has 37 heavy (non-hydrogen) atoms. The van der Waals surface area contributed by atoms with E-state index in [0.29, 0.717) is 12.8 Å². The standard InChI is InChI=1S/C26H23ClFN3O6/c1-15-2-11-20-21(14-15)26(35)30(25(20)34)29(24(33)17-5-9-19(10-6-17)31(36)37)22(12-13-27)23(32)16-3-7-18(28)8-4-16/h2-10,20-22H,11-14H2,1H3/t20-,21-,22-/m0/s1. The van der Waals surface area contributed by atoms with Crippen molar-refractivity contribution in [2.45, 2.75) is 32.2 Å². The molecule has 0 saturated carbocycles. The van der Waals surface area contributed by atoms with Crippen LogP contribution in [0, 0.1) is 27.8 Å². The van der Waals surface area contributed by atoms with Crippen LogP contribution in [0.5, 0.6) is 0 Å². The molecule has 1 saturated heterocycles. The number of hydrogen-bond acceptors (Lipinski definition) is 6. The van der Waals surface area contributed by atoms with Gasteiger partial charge in [0.2, 0.25) is 0 Å². The topological polar surface area (TPSA) is 118 Å². The fourth-order valence-electron chi connectivity index (χ4n) is 4.74. The van der Waals surface area contributed by atoms with Crippen LogP contribution in [-0.4, -0.2) is 50.4 Å². The number of non-ortho nitro benzene ring substituents is 1. The Kier molecular flexibility index (Phi) is 7.49. The van der Waals surface area contributed by atoms with E-state index in [0.717, 1.165) is 39.9 Å². The van der Waals surface area contributed by atoms with Gasteiger partial charge in [-0.15, -0.1) is 11.6 Å². The maximum Gasteiger partial charge on any atom is 0.273 e. The molecule has 3 amide bonds. The third-order valence-corrected chi connectivity index (χ3v) is 6.88. The van der Waals surface area contributed by atoms with Gasteiger partial charge < -0.3 is 0 Å². The lowest BCUT2D eigenvalue weighted by molar-refractivity contribution is -0.384. The first-order valence-corrected chi connectivity index (χ1v) is 12.1. The lowest BCUT2D eigenvalue weighted by atomic mass is 9.82. The molecule has 11 heteroatoms. The van der Waals surface area contributed by atoms with Gasteiger partial charge >= 0.3 is 0 Å². The molecular formula is C26H23ClFN3O6. The number of halogens is 2. The van der Waals surface area contributed by atoms with E-state index in [9.17, 15) is 33.7 Å². The number of ketones is 1. The molecule has 192 valence electrons. The molecule has 0 unspecified atom stereocenters. The fourth-order valence-corrected chi connectivity index (χ4v) is 4.94. The van der Waals surface area contributed by atoms with Crippen molar-refractivity contribution in [3.8, 4) is 0 Å². The molecule has 0 N–H and O–H groups in total. The third kappa shape index (κ3) is 5.01. The van der Waals surface area contributed by atoms with Crippen LogP contribution in [0.3, 0.4) is 0 Å². The number of fused-ring (bicyclic) bond motifs is 1. The summed E-state index contributed by atoms with van der Waals surface area (Å²) >= 11 is 6.00. The summed E-state index contributed by atoms with van der Waals surface area (Å²) in [5, 5.41) is 12.6. The highest BCUT2D eigenvalue weighted by atomic mass is 35.5. The molecule has 9 nitrogen and oxygen atoms in total. The van der Waals surface area contributed by atoms with Crippen LogP contribution < -0.4 is 0 Å². The Morgan fingerprint density at radius 1 is 1.08 bits per heavy atom. The molecule has 0 radical (unpaired) electrons. The number of carbonyl (C=O) groups is 4. The minimum absolute atomic E-state index is 0.0621. The van der Waals surface area contributed by atoms with Crippen molar-refractivity contribution < 1.29 is 28.5 Å². The number of nitro groups is 1. The SMILES string of the molecule is CC1=CC[C@@H]2C(=O)N(N(C(=O)c3ccc([N+](=O)[O-])cc3)[C@@H](CCCl)C(=O)c3ccc(F)cc3)C(=O)[C@H]2C1. The molecule has 1 heterocycles. The number of nitro benzene ring substituents is 1. The lowest BCUT2D eigenvalue weighted by Gasteiger charge is -2.36. The summed E-state index contributed by atoms with van der Waals surface area (Å²) in [4.78, 5) is 64.9. The number of amides is 3. The average Bonchev–Trinajstić information content (AvgIpc) is 3.12. The predicted molar refractivity (Wildman–Crippen MR) is 131 cm³/mol. The van der Waals surface area contributed by atoms with Gasteiger partial charge in [-0.3, -0.25) is 29.3 Å². The third-order valence-electron chi connectivity index (χ3n) is 6.66. The van der Waals surface area contributed by atoms with Gasteiger partial charge in [-0.1, -0.05) is 11.6 Å². The summed E-state index contributed by atoms with van der Waals surface area (Å²) in [6, 6.07) is 7.91. The molecule has 1 aliphatic heterocycles. The molecule has 3 atom stereocenters. The number of alkyl halides is 1. The lowest BCUT2D eigenvalue weighted by Crippen LogP contribution is -2.57. The van der Waals surface area contributed by atoms with E-state index in [2.05, 4.69) is 0 Å². The molecule has 0 bridgehead atoms. The number of benzene rings is 2. The van der Waals surface area contributed by atoms with E-state index in [1.807, 2.05) is 13.0 Å². The molecule has 0 aromatic heterocycles. The van der Waals surface area contributed by atoms with E-state index in [1.54, 1.807) is 0 Å². The first-order valence-electron chi connectivity index (χ1n) is 11.6. The molecule has 1 fully saturated rings. The first-order chi connectivity index (χ1) is 17.6.